The number of pyridine rings is 1. The first-order valence-corrected chi connectivity index (χ1v) is 14.7. The van der Waals surface area contributed by atoms with E-state index in [1.165, 1.54) is 27.6 Å². The van der Waals surface area contributed by atoms with Gasteiger partial charge in [0.25, 0.3) is 0 Å². The number of piperazine rings is 1. The van der Waals surface area contributed by atoms with Crippen LogP contribution in [-0.2, 0) is 23.1 Å². The third kappa shape index (κ3) is 6.71. The van der Waals surface area contributed by atoms with Gasteiger partial charge in [-0.2, -0.15) is 4.31 Å². The second kappa shape index (κ2) is 12.1. The van der Waals surface area contributed by atoms with Crippen LogP contribution in [0, 0.1) is 5.82 Å². The van der Waals surface area contributed by atoms with Gasteiger partial charge in [-0.25, -0.2) is 12.8 Å². The number of hydrogen-bond acceptors (Lipinski definition) is 6. The van der Waals surface area contributed by atoms with Gasteiger partial charge in [0.05, 0.1) is 9.92 Å². The highest BCUT2D eigenvalue weighted by Gasteiger charge is 2.30. The summed E-state index contributed by atoms with van der Waals surface area (Å²) >= 11 is 5.80. The number of sulfonamides is 1. The fourth-order valence-corrected chi connectivity index (χ4v) is 6.74. The fraction of sp³-hybridized carbons (Fsp3) is 0.393. The first-order valence-electron chi connectivity index (χ1n) is 12.9. The highest BCUT2D eigenvalue weighted by molar-refractivity contribution is 7.89. The summed E-state index contributed by atoms with van der Waals surface area (Å²) in [6.07, 6.45) is 4.83. The number of piperidine rings is 1. The van der Waals surface area contributed by atoms with E-state index in [9.17, 15) is 12.8 Å². The lowest BCUT2D eigenvalue weighted by atomic mass is 10.1. The summed E-state index contributed by atoms with van der Waals surface area (Å²) in [5, 5.41) is -0.198. The Balaban J connectivity index is 1.10. The summed E-state index contributed by atoms with van der Waals surface area (Å²) in [4.78, 5) is 9.14. The summed E-state index contributed by atoms with van der Waals surface area (Å²) in [5.74, 6) is 0.173. The van der Waals surface area contributed by atoms with E-state index in [-0.39, 0.29) is 16.0 Å². The third-order valence-corrected chi connectivity index (χ3v) is 9.32. The van der Waals surface area contributed by atoms with Crippen LogP contribution in [0.5, 0.6) is 5.75 Å². The number of nitrogens with zero attached hydrogens (tertiary/aromatic N) is 4. The highest BCUT2D eigenvalue weighted by Crippen LogP contribution is 2.27. The highest BCUT2D eigenvalue weighted by atomic mass is 35.5. The van der Waals surface area contributed by atoms with Crippen LogP contribution < -0.4 is 4.74 Å². The zero-order valence-corrected chi connectivity index (χ0v) is 22.7. The summed E-state index contributed by atoms with van der Waals surface area (Å²) in [6, 6.07) is 15.8. The van der Waals surface area contributed by atoms with Crippen molar-refractivity contribution < 1.29 is 17.5 Å². The molecule has 0 radical (unpaired) electrons. The van der Waals surface area contributed by atoms with Crippen molar-refractivity contribution in [3.8, 4) is 5.75 Å². The molecule has 38 heavy (non-hydrogen) atoms. The molecule has 0 spiro atoms. The summed E-state index contributed by atoms with van der Waals surface area (Å²) in [7, 11) is -3.73. The second-order valence-electron chi connectivity index (χ2n) is 9.86. The van der Waals surface area contributed by atoms with Crippen LogP contribution in [0.15, 0.2) is 71.9 Å². The molecule has 0 amide bonds. The van der Waals surface area contributed by atoms with Gasteiger partial charge in [-0.1, -0.05) is 29.8 Å². The van der Waals surface area contributed by atoms with Crippen LogP contribution >= 0.6 is 11.6 Å². The Morgan fingerprint density at radius 3 is 2.24 bits per heavy atom. The fourth-order valence-electron chi connectivity index (χ4n) is 5.00. The van der Waals surface area contributed by atoms with Gasteiger partial charge < -0.3 is 4.74 Å². The van der Waals surface area contributed by atoms with Crippen LogP contribution in [0.25, 0.3) is 0 Å². The van der Waals surface area contributed by atoms with Gasteiger partial charge in [0.15, 0.2) is 0 Å². The molecular formula is C28H32ClFN4O3S. The van der Waals surface area contributed by atoms with Gasteiger partial charge in [-0.05, 0) is 60.4 Å². The lowest BCUT2D eigenvalue weighted by Gasteiger charge is -2.34. The normalized spacial score (nSPS) is 18.5. The quantitative estimate of drug-likeness (QED) is 0.408. The topological polar surface area (TPSA) is 66.0 Å². The first kappa shape index (κ1) is 27.0. The van der Waals surface area contributed by atoms with E-state index in [4.69, 9.17) is 16.3 Å². The number of aromatic nitrogens is 1. The number of benzene rings is 2. The van der Waals surface area contributed by atoms with Crippen molar-refractivity contribution in [3.63, 3.8) is 0 Å². The van der Waals surface area contributed by atoms with Crippen LogP contribution in [0.1, 0.15) is 24.0 Å². The number of rotatable bonds is 8. The number of halogens is 2. The molecule has 3 aromatic rings. The number of ether oxygens (including phenoxy) is 1. The zero-order chi connectivity index (χ0) is 26.5. The van der Waals surface area contributed by atoms with Crippen molar-refractivity contribution in [2.45, 2.75) is 36.9 Å². The van der Waals surface area contributed by atoms with E-state index in [2.05, 4.69) is 33.0 Å². The monoisotopic (exact) mass is 558 g/mol. The van der Waals surface area contributed by atoms with Gasteiger partial charge in [0, 0.05) is 64.8 Å². The molecule has 3 heterocycles. The molecular weight excluding hydrogens is 527 g/mol. The Kier molecular flexibility index (Phi) is 8.60. The van der Waals surface area contributed by atoms with E-state index < -0.39 is 15.8 Å². The Bertz CT molecular complexity index is 1330. The molecule has 0 atom stereocenters. The molecule has 10 heteroatoms. The molecule has 2 aromatic carbocycles. The van der Waals surface area contributed by atoms with Crippen LogP contribution in [0.3, 0.4) is 0 Å². The molecule has 0 bridgehead atoms. The van der Waals surface area contributed by atoms with Crippen molar-refractivity contribution in [2.75, 3.05) is 39.3 Å². The minimum atomic E-state index is -3.73. The summed E-state index contributed by atoms with van der Waals surface area (Å²) in [5.41, 5.74) is 2.45. The van der Waals surface area contributed by atoms with Gasteiger partial charge in [0.1, 0.15) is 17.7 Å². The summed E-state index contributed by atoms with van der Waals surface area (Å²) < 4.78 is 47.0. The summed E-state index contributed by atoms with van der Waals surface area (Å²) in [6.45, 7) is 6.55. The molecule has 1 aromatic heterocycles. The van der Waals surface area contributed by atoms with Crippen LogP contribution in [0.4, 0.5) is 4.39 Å². The SMILES string of the molecule is O=S(=O)(c1ccc(F)c(Cl)c1)N1CCC(Oc2cccc(CN3CCN(Cc4cccnc4)CC3)c2)CC1. The van der Waals surface area contributed by atoms with Crippen LogP contribution in [0.2, 0.25) is 5.02 Å². The maximum Gasteiger partial charge on any atom is 0.243 e. The van der Waals surface area contributed by atoms with Crippen molar-refractivity contribution in [1.29, 1.82) is 0 Å². The van der Waals surface area contributed by atoms with Crippen molar-refractivity contribution in [2.24, 2.45) is 0 Å². The Hall–Kier alpha value is -2.56. The Morgan fingerprint density at radius 1 is 0.895 bits per heavy atom. The predicted octanol–water partition coefficient (Wildman–Crippen LogP) is 4.42. The average Bonchev–Trinajstić information content (AvgIpc) is 2.92. The van der Waals surface area contributed by atoms with Gasteiger partial charge >= 0.3 is 0 Å². The molecule has 0 unspecified atom stereocenters. The van der Waals surface area contributed by atoms with Crippen molar-refractivity contribution in [1.82, 2.24) is 19.1 Å². The molecule has 0 aliphatic carbocycles. The van der Waals surface area contributed by atoms with E-state index in [0.717, 1.165) is 51.1 Å². The Morgan fingerprint density at radius 2 is 1.58 bits per heavy atom. The van der Waals surface area contributed by atoms with Gasteiger partial charge in [0.2, 0.25) is 10.0 Å². The number of hydrogen-bond donors (Lipinski definition) is 0. The van der Waals surface area contributed by atoms with E-state index in [1.54, 1.807) is 6.20 Å². The predicted molar refractivity (Wildman–Crippen MR) is 145 cm³/mol. The lowest BCUT2D eigenvalue weighted by molar-refractivity contribution is 0.121. The smallest absolute Gasteiger partial charge is 0.243 e. The molecule has 0 saturated carbocycles. The molecule has 2 aliphatic rings. The first-order chi connectivity index (χ1) is 18.4. The lowest BCUT2D eigenvalue weighted by Crippen LogP contribution is -2.45. The minimum Gasteiger partial charge on any atom is -0.490 e. The van der Waals surface area contributed by atoms with Gasteiger partial charge in [-0.3, -0.25) is 14.8 Å². The average molecular weight is 559 g/mol. The standard InChI is InChI=1S/C28H32ClFN4O3S/c29-27-18-26(6-7-28(27)30)38(35,36)34-11-8-24(9-12-34)37-25-5-1-3-22(17-25)20-32-13-15-33(16-14-32)21-23-4-2-10-31-19-23/h1-7,10,17-19,24H,8-9,11-16,20-21H2. The van der Waals surface area contributed by atoms with E-state index >= 15 is 0 Å². The molecule has 202 valence electrons. The molecule has 5 rings (SSSR count). The molecule has 2 fully saturated rings. The molecule has 2 saturated heterocycles. The third-order valence-electron chi connectivity index (χ3n) is 7.13. The maximum absolute atomic E-state index is 13.5. The largest absolute Gasteiger partial charge is 0.490 e. The minimum absolute atomic E-state index is 0.00822. The van der Waals surface area contributed by atoms with Crippen LogP contribution in [-0.4, -0.2) is 72.9 Å². The zero-order valence-electron chi connectivity index (χ0n) is 21.2. The maximum atomic E-state index is 13.5. The van der Waals surface area contributed by atoms with Crippen molar-refractivity contribution in [3.05, 3.63) is 89.0 Å². The van der Waals surface area contributed by atoms with E-state index in [1.807, 2.05) is 24.4 Å². The molecule has 0 N–H and O–H groups in total. The second-order valence-corrected chi connectivity index (χ2v) is 12.2. The Labute approximate surface area is 228 Å². The molecule has 7 nitrogen and oxygen atoms in total. The van der Waals surface area contributed by atoms with E-state index in [0.29, 0.717) is 25.9 Å². The van der Waals surface area contributed by atoms with Gasteiger partial charge in [-0.15, -0.1) is 0 Å². The molecule has 2 aliphatic heterocycles. The van der Waals surface area contributed by atoms with Crippen molar-refractivity contribution >= 4 is 21.6 Å².